The Morgan fingerprint density at radius 2 is 1.43 bits per heavy atom. The maximum atomic E-state index is 6.23. The van der Waals surface area contributed by atoms with Gasteiger partial charge < -0.3 is 9.47 Å². The Hall–Kier alpha value is -0.120. The SMILES string of the molecule is CCCCCCCC(CCCCC)OCCCN1CCOCC1. The molecule has 0 aliphatic carbocycles. The molecule has 1 aliphatic rings. The van der Waals surface area contributed by atoms with Gasteiger partial charge in [0.1, 0.15) is 0 Å². The highest BCUT2D eigenvalue weighted by Gasteiger charge is 2.11. The number of hydrogen-bond donors (Lipinski definition) is 0. The van der Waals surface area contributed by atoms with Crippen LogP contribution in [0.2, 0.25) is 0 Å². The first kappa shape index (κ1) is 20.9. The van der Waals surface area contributed by atoms with E-state index in [1.807, 2.05) is 0 Å². The molecule has 0 N–H and O–H groups in total. The summed E-state index contributed by atoms with van der Waals surface area (Å²) >= 11 is 0. The summed E-state index contributed by atoms with van der Waals surface area (Å²) in [4.78, 5) is 2.50. The smallest absolute Gasteiger partial charge is 0.0594 e. The monoisotopic (exact) mass is 327 g/mol. The van der Waals surface area contributed by atoms with E-state index in [2.05, 4.69) is 18.7 Å². The molecule has 1 aliphatic heterocycles. The predicted molar refractivity (Wildman–Crippen MR) is 99.1 cm³/mol. The van der Waals surface area contributed by atoms with Crippen molar-refractivity contribution in [2.75, 3.05) is 39.5 Å². The van der Waals surface area contributed by atoms with Gasteiger partial charge >= 0.3 is 0 Å². The van der Waals surface area contributed by atoms with Gasteiger partial charge in [0.25, 0.3) is 0 Å². The Kier molecular flexibility index (Phi) is 14.0. The summed E-state index contributed by atoms with van der Waals surface area (Å²) in [5, 5.41) is 0. The molecular formula is C20H41NO2. The Morgan fingerprint density at radius 1 is 0.826 bits per heavy atom. The van der Waals surface area contributed by atoms with Gasteiger partial charge in [-0.05, 0) is 19.3 Å². The average Bonchev–Trinajstić information content (AvgIpc) is 2.59. The quantitative estimate of drug-likeness (QED) is 0.394. The zero-order valence-electron chi connectivity index (χ0n) is 15.9. The van der Waals surface area contributed by atoms with Gasteiger partial charge in [0.15, 0.2) is 0 Å². The number of morpholine rings is 1. The Balaban J connectivity index is 2.08. The van der Waals surface area contributed by atoms with Crippen LogP contribution in [0.5, 0.6) is 0 Å². The van der Waals surface area contributed by atoms with Gasteiger partial charge in [-0.15, -0.1) is 0 Å². The molecule has 1 heterocycles. The van der Waals surface area contributed by atoms with Crippen molar-refractivity contribution in [2.45, 2.75) is 90.6 Å². The lowest BCUT2D eigenvalue weighted by Gasteiger charge is -2.26. The van der Waals surface area contributed by atoms with Gasteiger partial charge in [0.2, 0.25) is 0 Å². The fourth-order valence-electron chi connectivity index (χ4n) is 3.27. The summed E-state index contributed by atoms with van der Waals surface area (Å²) in [5.74, 6) is 0. The third kappa shape index (κ3) is 12.0. The highest BCUT2D eigenvalue weighted by molar-refractivity contribution is 4.63. The predicted octanol–water partition coefficient (Wildman–Crippen LogP) is 5.03. The third-order valence-corrected chi connectivity index (χ3v) is 4.84. The Labute approximate surface area is 145 Å². The van der Waals surface area contributed by atoms with E-state index in [1.165, 1.54) is 77.2 Å². The second kappa shape index (κ2) is 15.4. The van der Waals surface area contributed by atoms with Gasteiger partial charge in [-0.2, -0.15) is 0 Å². The Bertz CT molecular complexity index is 242. The molecule has 0 aromatic carbocycles. The number of nitrogens with zero attached hydrogens (tertiary/aromatic N) is 1. The van der Waals surface area contributed by atoms with Gasteiger partial charge in [0.05, 0.1) is 19.3 Å². The van der Waals surface area contributed by atoms with Crippen LogP contribution in [-0.4, -0.2) is 50.5 Å². The molecule has 3 heteroatoms. The summed E-state index contributed by atoms with van der Waals surface area (Å²) in [6, 6.07) is 0. The van der Waals surface area contributed by atoms with Gasteiger partial charge in [-0.3, -0.25) is 4.90 Å². The fourth-order valence-corrected chi connectivity index (χ4v) is 3.27. The molecule has 1 rings (SSSR count). The molecule has 3 nitrogen and oxygen atoms in total. The van der Waals surface area contributed by atoms with Crippen LogP contribution in [0.3, 0.4) is 0 Å². The molecular weight excluding hydrogens is 286 g/mol. The topological polar surface area (TPSA) is 21.7 Å². The highest BCUT2D eigenvalue weighted by atomic mass is 16.5. The molecule has 0 aromatic rings. The lowest BCUT2D eigenvalue weighted by Crippen LogP contribution is -2.37. The van der Waals surface area contributed by atoms with Crippen LogP contribution in [0.4, 0.5) is 0 Å². The zero-order valence-corrected chi connectivity index (χ0v) is 15.9. The van der Waals surface area contributed by atoms with Crippen LogP contribution < -0.4 is 0 Å². The van der Waals surface area contributed by atoms with Crippen molar-refractivity contribution in [2.24, 2.45) is 0 Å². The molecule has 0 saturated carbocycles. The van der Waals surface area contributed by atoms with E-state index in [0.717, 1.165) is 32.9 Å². The number of hydrogen-bond acceptors (Lipinski definition) is 3. The molecule has 1 unspecified atom stereocenters. The number of ether oxygens (including phenoxy) is 2. The first-order chi connectivity index (χ1) is 11.4. The first-order valence-electron chi connectivity index (χ1n) is 10.3. The minimum atomic E-state index is 0.507. The van der Waals surface area contributed by atoms with Crippen LogP contribution in [0.15, 0.2) is 0 Å². The van der Waals surface area contributed by atoms with Gasteiger partial charge in [-0.25, -0.2) is 0 Å². The van der Waals surface area contributed by atoms with E-state index in [0.29, 0.717) is 6.10 Å². The lowest BCUT2D eigenvalue weighted by molar-refractivity contribution is 0.0150. The van der Waals surface area contributed by atoms with E-state index < -0.39 is 0 Å². The van der Waals surface area contributed by atoms with Crippen LogP contribution in [0.25, 0.3) is 0 Å². The maximum Gasteiger partial charge on any atom is 0.0594 e. The van der Waals surface area contributed by atoms with E-state index >= 15 is 0 Å². The van der Waals surface area contributed by atoms with Crippen molar-refractivity contribution in [1.82, 2.24) is 4.90 Å². The van der Waals surface area contributed by atoms with Crippen molar-refractivity contribution in [3.05, 3.63) is 0 Å². The van der Waals surface area contributed by atoms with Crippen molar-refractivity contribution < 1.29 is 9.47 Å². The fraction of sp³-hybridized carbons (Fsp3) is 1.00. The van der Waals surface area contributed by atoms with Crippen LogP contribution in [-0.2, 0) is 9.47 Å². The summed E-state index contributed by atoms with van der Waals surface area (Å²) in [5.41, 5.74) is 0. The number of rotatable bonds is 15. The summed E-state index contributed by atoms with van der Waals surface area (Å²) in [6.07, 6.45) is 15.0. The van der Waals surface area contributed by atoms with Crippen LogP contribution >= 0.6 is 0 Å². The summed E-state index contributed by atoms with van der Waals surface area (Å²) < 4.78 is 11.6. The van der Waals surface area contributed by atoms with Crippen molar-refractivity contribution >= 4 is 0 Å². The first-order valence-corrected chi connectivity index (χ1v) is 10.3. The van der Waals surface area contributed by atoms with E-state index in [9.17, 15) is 0 Å². The lowest BCUT2D eigenvalue weighted by atomic mass is 10.0. The van der Waals surface area contributed by atoms with Crippen molar-refractivity contribution in [3.63, 3.8) is 0 Å². The average molecular weight is 328 g/mol. The molecule has 23 heavy (non-hydrogen) atoms. The van der Waals surface area contributed by atoms with Gasteiger partial charge in [-0.1, -0.05) is 65.2 Å². The second-order valence-corrected chi connectivity index (χ2v) is 7.00. The van der Waals surface area contributed by atoms with Crippen molar-refractivity contribution in [1.29, 1.82) is 0 Å². The zero-order chi connectivity index (χ0) is 16.6. The second-order valence-electron chi connectivity index (χ2n) is 7.00. The molecule has 0 aromatic heterocycles. The van der Waals surface area contributed by atoms with Crippen LogP contribution in [0, 0.1) is 0 Å². The minimum absolute atomic E-state index is 0.507. The molecule has 0 bridgehead atoms. The highest BCUT2D eigenvalue weighted by Crippen LogP contribution is 2.15. The van der Waals surface area contributed by atoms with E-state index in [4.69, 9.17) is 9.47 Å². The summed E-state index contributed by atoms with van der Waals surface area (Å²) in [7, 11) is 0. The minimum Gasteiger partial charge on any atom is -0.379 e. The third-order valence-electron chi connectivity index (χ3n) is 4.84. The van der Waals surface area contributed by atoms with Gasteiger partial charge in [0, 0.05) is 26.2 Å². The van der Waals surface area contributed by atoms with E-state index in [-0.39, 0.29) is 0 Å². The molecule has 0 radical (unpaired) electrons. The normalized spacial score (nSPS) is 17.5. The maximum absolute atomic E-state index is 6.23. The Morgan fingerprint density at radius 3 is 2.13 bits per heavy atom. The number of unbranched alkanes of at least 4 members (excludes halogenated alkanes) is 6. The van der Waals surface area contributed by atoms with E-state index in [1.54, 1.807) is 0 Å². The largest absolute Gasteiger partial charge is 0.379 e. The molecule has 1 saturated heterocycles. The molecule has 0 amide bonds. The molecule has 0 spiro atoms. The molecule has 1 fully saturated rings. The van der Waals surface area contributed by atoms with Crippen molar-refractivity contribution in [3.8, 4) is 0 Å². The molecule has 1 atom stereocenters. The summed E-state index contributed by atoms with van der Waals surface area (Å²) in [6.45, 7) is 10.7. The standard InChI is InChI=1S/C20H41NO2/c1-3-5-7-8-10-13-20(12-9-6-4-2)23-17-11-14-21-15-18-22-19-16-21/h20H,3-19H2,1-2H3. The molecule has 138 valence electrons. The van der Waals surface area contributed by atoms with Crippen LogP contribution in [0.1, 0.15) is 84.5 Å².